The normalized spacial score (nSPS) is 31.7. The first-order valence-electron chi connectivity index (χ1n) is 6.02. The summed E-state index contributed by atoms with van der Waals surface area (Å²) < 4.78 is 4.86. The lowest BCUT2D eigenvalue weighted by atomic mass is 10.1. The molecular weight excluding hydrogens is 206 g/mol. The van der Waals surface area contributed by atoms with Crippen LogP contribution in [0.1, 0.15) is 19.3 Å². The van der Waals surface area contributed by atoms with Gasteiger partial charge >= 0.3 is 6.03 Å². The number of hydrogen-bond acceptors (Lipinski definition) is 3. The van der Waals surface area contributed by atoms with Crippen molar-refractivity contribution in [2.75, 3.05) is 33.4 Å². The van der Waals surface area contributed by atoms with Crippen molar-refractivity contribution in [3.63, 3.8) is 0 Å². The fourth-order valence-corrected chi connectivity index (χ4v) is 2.51. The Bertz CT molecular complexity index is 260. The number of rotatable bonds is 5. The average molecular weight is 227 g/mol. The van der Waals surface area contributed by atoms with Crippen molar-refractivity contribution in [1.82, 2.24) is 16.0 Å². The maximum Gasteiger partial charge on any atom is 0.314 e. The summed E-state index contributed by atoms with van der Waals surface area (Å²) >= 11 is 0. The van der Waals surface area contributed by atoms with E-state index >= 15 is 0 Å². The summed E-state index contributed by atoms with van der Waals surface area (Å²) in [7, 11) is 1.62. The SMILES string of the molecule is COCCNC(=O)NCC12CC1CCCN2. The third-order valence-electron chi connectivity index (χ3n) is 3.59. The molecule has 92 valence electrons. The summed E-state index contributed by atoms with van der Waals surface area (Å²) in [4.78, 5) is 11.4. The molecule has 0 aromatic carbocycles. The Morgan fingerprint density at radius 2 is 2.44 bits per heavy atom. The standard InChI is InChI=1S/C11H21N3O2/c1-16-6-5-12-10(15)13-8-11-7-9(11)3-2-4-14-11/h9,14H,2-8H2,1H3,(H2,12,13,15). The highest BCUT2D eigenvalue weighted by Gasteiger charge is 2.54. The first kappa shape index (κ1) is 11.7. The van der Waals surface area contributed by atoms with Crippen LogP contribution in [0.4, 0.5) is 4.79 Å². The molecule has 0 bridgehead atoms. The van der Waals surface area contributed by atoms with Gasteiger partial charge in [0, 0.05) is 25.7 Å². The minimum atomic E-state index is -0.0931. The summed E-state index contributed by atoms with van der Waals surface area (Å²) in [6.45, 7) is 2.95. The van der Waals surface area contributed by atoms with Crippen molar-refractivity contribution in [1.29, 1.82) is 0 Å². The van der Waals surface area contributed by atoms with Crippen LogP contribution in [-0.2, 0) is 4.74 Å². The van der Waals surface area contributed by atoms with Gasteiger partial charge in [-0.1, -0.05) is 0 Å². The van der Waals surface area contributed by atoms with Gasteiger partial charge in [0.2, 0.25) is 0 Å². The van der Waals surface area contributed by atoms with Crippen LogP contribution in [0.3, 0.4) is 0 Å². The first-order chi connectivity index (χ1) is 7.77. The zero-order chi connectivity index (χ0) is 11.4. The molecule has 0 aromatic heterocycles. The number of ether oxygens (including phenoxy) is 1. The number of carbonyl (C=O) groups excluding carboxylic acids is 1. The van der Waals surface area contributed by atoms with Crippen molar-refractivity contribution >= 4 is 6.03 Å². The second kappa shape index (κ2) is 5.01. The molecule has 1 aliphatic carbocycles. The van der Waals surface area contributed by atoms with E-state index in [1.807, 2.05) is 0 Å². The number of hydrogen-bond donors (Lipinski definition) is 3. The lowest BCUT2D eigenvalue weighted by Gasteiger charge is -2.24. The molecule has 5 heteroatoms. The van der Waals surface area contributed by atoms with Crippen molar-refractivity contribution in [2.24, 2.45) is 5.92 Å². The molecule has 1 heterocycles. The zero-order valence-electron chi connectivity index (χ0n) is 9.84. The molecule has 0 radical (unpaired) electrons. The number of methoxy groups -OCH3 is 1. The van der Waals surface area contributed by atoms with Crippen LogP contribution < -0.4 is 16.0 Å². The molecule has 3 N–H and O–H groups in total. The first-order valence-corrected chi connectivity index (χ1v) is 6.02. The van der Waals surface area contributed by atoms with E-state index in [9.17, 15) is 4.79 Å². The molecule has 0 aromatic rings. The van der Waals surface area contributed by atoms with Crippen LogP contribution >= 0.6 is 0 Å². The van der Waals surface area contributed by atoms with Crippen molar-refractivity contribution in [2.45, 2.75) is 24.8 Å². The fourth-order valence-electron chi connectivity index (χ4n) is 2.51. The quantitative estimate of drug-likeness (QED) is 0.583. The third-order valence-corrected chi connectivity index (χ3v) is 3.59. The lowest BCUT2D eigenvalue weighted by molar-refractivity contribution is 0.195. The van der Waals surface area contributed by atoms with Gasteiger partial charge in [0.05, 0.1) is 6.61 Å². The van der Waals surface area contributed by atoms with Gasteiger partial charge in [-0.15, -0.1) is 0 Å². The van der Waals surface area contributed by atoms with Crippen LogP contribution in [0.25, 0.3) is 0 Å². The molecule has 2 aliphatic rings. The summed E-state index contributed by atoms with van der Waals surface area (Å²) in [6, 6.07) is -0.0931. The predicted octanol–water partition coefficient (Wildman–Crippen LogP) is 0.0741. The molecule has 5 nitrogen and oxygen atoms in total. The smallest absolute Gasteiger partial charge is 0.314 e. The largest absolute Gasteiger partial charge is 0.383 e. The Hall–Kier alpha value is -0.810. The molecule has 1 saturated carbocycles. The molecular formula is C11H21N3O2. The number of carbonyl (C=O) groups is 1. The monoisotopic (exact) mass is 227 g/mol. The molecule has 0 spiro atoms. The number of urea groups is 1. The van der Waals surface area contributed by atoms with Gasteiger partial charge in [-0.25, -0.2) is 4.79 Å². The third kappa shape index (κ3) is 2.65. The average Bonchev–Trinajstić information content (AvgIpc) is 3.02. The van der Waals surface area contributed by atoms with Crippen LogP contribution in [0, 0.1) is 5.92 Å². The highest BCUT2D eigenvalue weighted by Crippen LogP contribution is 2.48. The van der Waals surface area contributed by atoms with Gasteiger partial charge in [-0.3, -0.25) is 0 Å². The minimum Gasteiger partial charge on any atom is -0.383 e. The molecule has 2 amide bonds. The van der Waals surface area contributed by atoms with Gasteiger partial charge in [-0.05, 0) is 31.7 Å². The molecule has 2 atom stereocenters. The van der Waals surface area contributed by atoms with Crippen molar-refractivity contribution in [3.05, 3.63) is 0 Å². The lowest BCUT2D eigenvalue weighted by Crippen LogP contribution is -2.49. The molecule has 1 saturated heterocycles. The van der Waals surface area contributed by atoms with Crippen LogP contribution in [0.5, 0.6) is 0 Å². The summed E-state index contributed by atoms with van der Waals surface area (Å²) in [5.74, 6) is 0.778. The molecule has 2 fully saturated rings. The topological polar surface area (TPSA) is 62.4 Å². The number of amides is 2. The van der Waals surface area contributed by atoms with E-state index in [-0.39, 0.29) is 11.6 Å². The van der Waals surface area contributed by atoms with E-state index in [0.717, 1.165) is 19.0 Å². The zero-order valence-corrected chi connectivity index (χ0v) is 9.84. The number of fused-ring (bicyclic) bond motifs is 1. The van der Waals surface area contributed by atoms with Gasteiger partial charge in [-0.2, -0.15) is 0 Å². The van der Waals surface area contributed by atoms with Crippen LogP contribution in [0.15, 0.2) is 0 Å². The maximum absolute atomic E-state index is 11.4. The Balaban J connectivity index is 1.62. The van der Waals surface area contributed by atoms with E-state index in [1.54, 1.807) is 7.11 Å². The van der Waals surface area contributed by atoms with Crippen LogP contribution in [0.2, 0.25) is 0 Å². The van der Waals surface area contributed by atoms with E-state index < -0.39 is 0 Å². The van der Waals surface area contributed by atoms with Crippen molar-refractivity contribution in [3.8, 4) is 0 Å². The van der Waals surface area contributed by atoms with E-state index in [1.165, 1.54) is 19.3 Å². The fraction of sp³-hybridized carbons (Fsp3) is 0.909. The second-order valence-corrected chi connectivity index (χ2v) is 4.73. The van der Waals surface area contributed by atoms with Gasteiger partial charge in [0.15, 0.2) is 0 Å². The molecule has 2 rings (SSSR count). The van der Waals surface area contributed by atoms with Crippen LogP contribution in [-0.4, -0.2) is 44.9 Å². The van der Waals surface area contributed by atoms with E-state index in [0.29, 0.717) is 13.2 Å². The summed E-state index contributed by atoms with van der Waals surface area (Å²) in [5, 5.41) is 9.21. The Morgan fingerprint density at radius 1 is 1.56 bits per heavy atom. The van der Waals surface area contributed by atoms with Crippen molar-refractivity contribution < 1.29 is 9.53 Å². The van der Waals surface area contributed by atoms with E-state index in [4.69, 9.17) is 4.74 Å². The minimum absolute atomic E-state index is 0.0931. The molecule has 1 aliphatic heterocycles. The second-order valence-electron chi connectivity index (χ2n) is 4.73. The Morgan fingerprint density at radius 3 is 3.19 bits per heavy atom. The van der Waals surface area contributed by atoms with Gasteiger partial charge in [0.1, 0.15) is 0 Å². The maximum atomic E-state index is 11.4. The summed E-state index contributed by atoms with van der Waals surface area (Å²) in [5.41, 5.74) is 0.219. The predicted molar refractivity (Wildman–Crippen MR) is 61.4 cm³/mol. The van der Waals surface area contributed by atoms with Gasteiger partial charge in [0.25, 0.3) is 0 Å². The highest BCUT2D eigenvalue weighted by molar-refractivity contribution is 5.74. The Labute approximate surface area is 96.3 Å². The summed E-state index contributed by atoms with van der Waals surface area (Å²) in [6.07, 6.45) is 3.79. The number of piperidine rings is 1. The Kier molecular flexibility index (Phi) is 3.66. The number of nitrogens with one attached hydrogen (secondary N) is 3. The van der Waals surface area contributed by atoms with Gasteiger partial charge < -0.3 is 20.7 Å². The molecule has 16 heavy (non-hydrogen) atoms. The molecule has 2 unspecified atom stereocenters. The highest BCUT2D eigenvalue weighted by atomic mass is 16.5. The van der Waals surface area contributed by atoms with E-state index in [2.05, 4.69) is 16.0 Å².